The molecular weight excluding hydrogens is 501 g/mol. The number of hydrogen-bond donors (Lipinski definition) is 2. The molecule has 38 heavy (non-hydrogen) atoms. The van der Waals surface area contributed by atoms with Crippen molar-refractivity contribution in [2.45, 2.75) is 62.3 Å². The molecular formula is C27H29F3N4O4. The smallest absolute Gasteiger partial charge is 0.419 e. The number of primary amides is 1. The van der Waals surface area contributed by atoms with Crippen molar-refractivity contribution in [3.05, 3.63) is 71.0 Å². The number of nitrogens with zero attached hydrogens (tertiary/aromatic N) is 2. The van der Waals surface area contributed by atoms with E-state index in [2.05, 4.69) is 10.2 Å². The van der Waals surface area contributed by atoms with Gasteiger partial charge in [-0.15, -0.1) is 0 Å². The third-order valence-corrected chi connectivity index (χ3v) is 7.88. The summed E-state index contributed by atoms with van der Waals surface area (Å²) >= 11 is 0. The van der Waals surface area contributed by atoms with Gasteiger partial charge in [-0.2, -0.15) is 0 Å². The molecule has 3 N–H and O–H groups in total. The predicted molar refractivity (Wildman–Crippen MR) is 130 cm³/mol. The normalized spacial score (nSPS) is 27.8. The molecule has 5 rings (SSSR count). The van der Waals surface area contributed by atoms with Gasteiger partial charge < -0.3 is 15.8 Å². The minimum absolute atomic E-state index is 0.00774. The number of carbonyl (C=O) groups is 3. The van der Waals surface area contributed by atoms with Crippen molar-refractivity contribution < 1.29 is 32.3 Å². The summed E-state index contributed by atoms with van der Waals surface area (Å²) in [6.07, 6.45) is 1.60. The first-order valence-electron chi connectivity index (χ1n) is 12.8. The Morgan fingerprint density at radius 2 is 1.68 bits per heavy atom. The number of nitrogens with two attached hydrogens (primary N) is 1. The molecule has 0 bridgehead atoms. The van der Waals surface area contributed by atoms with Crippen LogP contribution in [0.3, 0.4) is 0 Å². The maximum absolute atomic E-state index is 14.2. The Morgan fingerprint density at radius 1 is 0.947 bits per heavy atom. The number of hydrogen-bond acceptors (Lipinski definition) is 5. The summed E-state index contributed by atoms with van der Waals surface area (Å²) in [6.45, 7) is 1.32. The maximum atomic E-state index is 14.2. The molecule has 3 fully saturated rings. The Bertz CT molecular complexity index is 1240. The third kappa shape index (κ3) is 5.07. The molecule has 8 nitrogen and oxygen atoms in total. The van der Waals surface area contributed by atoms with Crippen molar-refractivity contribution in [1.29, 1.82) is 0 Å². The summed E-state index contributed by atoms with van der Waals surface area (Å²) in [5.74, 6) is -3.29. The first-order chi connectivity index (χ1) is 18.2. The molecule has 2 heterocycles. The summed E-state index contributed by atoms with van der Waals surface area (Å²) in [5, 5.41) is 2.82. The number of ether oxygens (including phenoxy) is 1. The molecule has 1 saturated carbocycles. The predicted octanol–water partition coefficient (Wildman–Crippen LogP) is 3.96. The summed E-state index contributed by atoms with van der Waals surface area (Å²) in [5.41, 5.74) is 6.14. The molecule has 11 heteroatoms. The number of imide groups is 1. The van der Waals surface area contributed by atoms with Gasteiger partial charge in [0.2, 0.25) is 6.10 Å². The first-order valence-corrected chi connectivity index (χ1v) is 12.8. The molecule has 3 atom stereocenters. The quantitative estimate of drug-likeness (QED) is 0.609. The Hall–Kier alpha value is -3.60. The fourth-order valence-electron chi connectivity index (χ4n) is 5.96. The monoisotopic (exact) mass is 530 g/mol. The lowest BCUT2D eigenvalue weighted by molar-refractivity contribution is -0.125. The van der Waals surface area contributed by atoms with Crippen LogP contribution < -0.4 is 11.1 Å². The number of carbonyl (C=O) groups excluding carboxylic acids is 3. The number of cyclic esters (lactones) is 1. The number of halogens is 3. The Balaban J connectivity index is 1.21. The molecule has 0 spiro atoms. The zero-order valence-electron chi connectivity index (χ0n) is 20.6. The molecule has 2 aliphatic heterocycles. The molecule has 2 aromatic carbocycles. The number of nitrogens with one attached hydrogen (secondary N) is 1. The van der Waals surface area contributed by atoms with Crippen LogP contribution in [0.25, 0.3) is 0 Å². The summed E-state index contributed by atoms with van der Waals surface area (Å²) in [4.78, 5) is 40.7. The number of likely N-dealkylation sites (tertiary alicyclic amines) is 1. The number of rotatable bonds is 5. The van der Waals surface area contributed by atoms with Crippen molar-refractivity contribution in [3.8, 4) is 0 Å². The van der Waals surface area contributed by atoms with E-state index in [1.165, 1.54) is 12.1 Å². The number of urea groups is 1. The molecule has 4 amide bonds. The van der Waals surface area contributed by atoms with E-state index in [9.17, 15) is 27.6 Å². The van der Waals surface area contributed by atoms with E-state index in [1.54, 1.807) is 6.07 Å². The fourth-order valence-corrected chi connectivity index (χ4v) is 5.96. The summed E-state index contributed by atoms with van der Waals surface area (Å²) < 4.78 is 46.6. The molecule has 0 radical (unpaired) electrons. The van der Waals surface area contributed by atoms with Crippen molar-refractivity contribution in [2.24, 2.45) is 5.73 Å². The van der Waals surface area contributed by atoms with E-state index in [0.29, 0.717) is 23.9 Å². The maximum Gasteiger partial charge on any atom is 0.419 e. The second-order valence-corrected chi connectivity index (χ2v) is 10.2. The van der Waals surface area contributed by atoms with Crippen LogP contribution in [0, 0.1) is 17.5 Å². The van der Waals surface area contributed by atoms with Gasteiger partial charge in [0, 0.05) is 25.2 Å². The Labute approximate surface area is 217 Å². The zero-order valence-corrected chi connectivity index (χ0v) is 20.6. The highest BCUT2D eigenvalue weighted by Crippen LogP contribution is 2.37. The lowest BCUT2D eigenvalue weighted by Crippen LogP contribution is -2.48. The minimum Gasteiger partial charge on any atom is -0.433 e. The van der Waals surface area contributed by atoms with E-state index in [4.69, 9.17) is 10.5 Å². The molecule has 3 unspecified atom stereocenters. The van der Waals surface area contributed by atoms with Gasteiger partial charge in [0.15, 0.2) is 11.6 Å². The van der Waals surface area contributed by atoms with E-state index in [1.807, 2.05) is 12.1 Å². The second-order valence-electron chi connectivity index (χ2n) is 10.2. The molecule has 0 aromatic heterocycles. The van der Waals surface area contributed by atoms with Gasteiger partial charge in [-0.25, -0.2) is 27.7 Å². The molecule has 2 saturated heterocycles. The molecule has 202 valence electrons. The van der Waals surface area contributed by atoms with E-state index >= 15 is 0 Å². The van der Waals surface area contributed by atoms with Crippen LogP contribution in [-0.4, -0.2) is 59.1 Å². The zero-order chi connectivity index (χ0) is 27.0. The van der Waals surface area contributed by atoms with Crippen molar-refractivity contribution in [1.82, 2.24) is 15.1 Å². The van der Waals surface area contributed by atoms with Crippen LogP contribution in [-0.2, 0) is 9.53 Å². The van der Waals surface area contributed by atoms with E-state index in [0.717, 1.165) is 49.9 Å². The Kier molecular flexibility index (Phi) is 7.29. The molecule has 1 aliphatic carbocycles. The van der Waals surface area contributed by atoms with Gasteiger partial charge in [0.05, 0.1) is 0 Å². The fraction of sp³-hybridized carbons (Fsp3) is 0.444. The van der Waals surface area contributed by atoms with Crippen LogP contribution in [0.1, 0.15) is 55.2 Å². The highest BCUT2D eigenvalue weighted by atomic mass is 19.2. The van der Waals surface area contributed by atoms with Gasteiger partial charge >= 0.3 is 12.1 Å². The first kappa shape index (κ1) is 26.0. The SMILES string of the molecule is NC(=O)C1OC(=O)N(C(=O)NC2CCN(C3CCC(c4ccccc4F)CC3)C2)C1c1ccc(F)c(F)c1. The largest absolute Gasteiger partial charge is 0.433 e. The van der Waals surface area contributed by atoms with Gasteiger partial charge in [-0.1, -0.05) is 24.3 Å². The van der Waals surface area contributed by atoms with Crippen LogP contribution in [0.4, 0.5) is 22.8 Å². The lowest BCUT2D eigenvalue weighted by atomic mass is 9.81. The summed E-state index contributed by atoms with van der Waals surface area (Å²) in [6, 6.07) is 7.64. The molecule has 3 aliphatic rings. The van der Waals surface area contributed by atoms with Gasteiger partial charge in [0.25, 0.3) is 5.91 Å². The van der Waals surface area contributed by atoms with Crippen molar-refractivity contribution in [2.75, 3.05) is 13.1 Å². The lowest BCUT2D eigenvalue weighted by Gasteiger charge is -2.35. The average Bonchev–Trinajstić information content (AvgIpc) is 3.50. The van der Waals surface area contributed by atoms with Crippen molar-refractivity contribution in [3.63, 3.8) is 0 Å². The Morgan fingerprint density at radius 3 is 2.37 bits per heavy atom. The third-order valence-electron chi connectivity index (χ3n) is 7.88. The van der Waals surface area contributed by atoms with Crippen LogP contribution in [0.5, 0.6) is 0 Å². The van der Waals surface area contributed by atoms with Crippen LogP contribution in [0.2, 0.25) is 0 Å². The van der Waals surface area contributed by atoms with Crippen molar-refractivity contribution >= 4 is 18.0 Å². The highest BCUT2D eigenvalue weighted by Gasteiger charge is 2.50. The van der Waals surface area contributed by atoms with E-state index in [-0.39, 0.29) is 23.3 Å². The van der Waals surface area contributed by atoms with Gasteiger partial charge in [-0.05, 0) is 67.3 Å². The summed E-state index contributed by atoms with van der Waals surface area (Å²) in [7, 11) is 0. The van der Waals surface area contributed by atoms with Crippen LogP contribution in [0.15, 0.2) is 42.5 Å². The number of benzene rings is 2. The van der Waals surface area contributed by atoms with E-state index < -0.39 is 41.8 Å². The van der Waals surface area contributed by atoms with Gasteiger partial charge in [0.1, 0.15) is 11.9 Å². The average molecular weight is 531 g/mol. The molecule has 2 aromatic rings. The highest BCUT2D eigenvalue weighted by molar-refractivity contribution is 5.97. The minimum atomic E-state index is -1.54. The van der Waals surface area contributed by atoms with Crippen LogP contribution >= 0.6 is 0 Å². The topological polar surface area (TPSA) is 105 Å². The van der Waals surface area contributed by atoms with Gasteiger partial charge in [-0.3, -0.25) is 9.69 Å². The standard InChI is InChI=1S/C27H29F3N4O4/c28-20-4-2-1-3-19(20)15-5-8-18(9-6-15)33-12-11-17(14-33)32-26(36)34-23(24(25(31)35)38-27(34)37)16-7-10-21(29)22(30)13-16/h1-4,7,10,13,15,17-18,23-24H,5-6,8-9,11-12,14H2,(H2,31,35)(H,32,36). The second kappa shape index (κ2) is 10.6. The number of amides is 4.